The number of rotatable bonds is 7. The summed E-state index contributed by atoms with van der Waals surface area (Å²) in [5.74, 6) is 0.655. The number of nitrogens with zero attached hydrogens (tertiary/aromatic N) is 4. The minimum atomic E-state index is -0.536. The van der Waals surface area contributed by atoms with Crippen molar-refractivity contribution in [2.45, 2.75) is 12.5 Å². The van der Waals surface area contributed by atoms with Crippen molar-refractivity contribution in [3.63, 3.8) is 0 Å². The highest BCUT2D eigenvalue weighted by Gasteiger charge is 2.17. The van der Waals surface area contributed by atoms with Crippen molar-refractivity contribution < 1.29 is 9.18 Å². The van der Waals surface area contributed by atoms with Gasteiger partial charge in [-0.15, -0.1) is 15.3 Å². The summed E-state index contributed by atoms with van der Waals surface area (Å²) in [6, 6.07) is 9.12. The first kappa shape index (κ1) is 17.2. The number of primary amides is 1. The molecule has 1 amide bonds. The number of carbonyl (C=O) groups excluding carboxylic acids is 1. The Balaban J connectivity index is 1.95. The predicted octanol–water partition coefficient (Wildman–Crippen LogP) is 1.95. The van der Waals surface area contributed by atoms with Crippen LogP contribution in [0.3, 0.4) is 0 Å². The molecule has 1 atom stereocenters. The van der Waals surface area contributed by atoms with Gasteiger partial charge in [0.1, 0.15) is 17.7 Å². The van der Waals surface area contributed by atoms with Crippen LogP contribution >= 0.6 is 11.8 Å². The number of aromatic nitrogens is 4. The molecule has 0 spiro atoms. The largest absolute Gasteiger partial charge is 0.368 e. The highest BCUT2D eigenvalue weighted by atomic mass is 32.2. The van der Waals surface area contributed by atoms with E-state index < -0.39 is 17.8 Å². The van der Waals surface area contributed by atoms with Crippen LogP contribution < -0.4 is 11.1 Å². The predicted molar refractivity (Wildman–Crippen MR) is 95.8 cm³/mol. The number of thioether (sulfide) groups is 1. The van der Waals surface area contributed by atoms with Crippen LogP contribution in [0, 0.1) is 5.82 Å². The summed E-state index contributed by atoms with van der Waals surface area (Å²) in [5, 5.41) is 15.4. The Bertz CT molecular complexity index is 899. The summed E-state index contributed by atoms with van der Waals surface area (Å²) in [6.45, 7) is 0. The quantitative estimate of drug-likeness (QED) is 0.668. The smallest absolute Gasteiger partial charge is 0.239 e. The second-order valence-electron chi connectivity index (χ2n) is 5.37. The Morgan fingerprint density at radius 1 is 1.32 bits per heavy atom. The molecule has 0 aliphatic heterocycles. The van der Waals surface area contributed by atoms with Crippen LogP contribution in [0.2, 0.25) is 0 Å². The normalized spacial score (nSPS) is 12.2. The third-order valence-electron chi connectivity index (χ3n) is 3.65. The van der Waals surface area contributed by atoms with E-state index in [0.717, 1.165) is 5.75 Å². The first-order valence-electron chi connectivity index (χ1n) is 7.62. The van der Waals surface area contributed by atoms with E-state index in [4.69, 9.17) is 5.73 Å². The summed E-state index contributed by atoms with van der Waals surface area (Å²) in [7, 11) is 0. The molecule has 0 saturated heterocycles. The van der Waals surface area contributed by atoms with Crippen molar-refractivity contribution in [2.75, 3.05) is 17.3 Å². The molecule has 2 aromatic heterocycles. The summed E-state index contributed by atoms with van der Waals surface area (Å²) < 4.78 is 15.5. The lowest BCUT2D eigenvalue weighted by Gasteiger charge is -2.15. The third-order valence-corrected chi connectivity index (χ3v) is 4.30. The SMILES string of the molecule is CSCC[C@H](Nc1ccc2nnc(-c3ccccc3F)n2n1)C(N)=O. The van der Waals surface area contributed by atoms with Crippen LogP contribution in [0.25, 0.3) is 17.0 Å². The van der Waals surface area contributed by atoms with E-state index in [2.05, 4.69) is 20.6 Å². The lowest BCUT2D eigenvalue weighted by Crippen LogP contribution is -2.36. The molecule has 0 radical (unpaired) electrons. The summed E-state index contributed by atoms with van der Waals surface area (Å²) in [4.78, 5) is 11.6. The minimum absolute atomic E-state index is 0.288. The second kappa shape index (κ2) is 7.47. The minimum Gasteiger partial charge on any atom is -0.368 e. The standard InChI is InChI=1S/C16H17FN6OS/c1-25-9-8-12(15(18)24)19-13-6-7-14-20-21-16(23(14)22-13)10-4-2-3-5-11(10)17/h2-7,12H,8-9H2,1H3,(H2,18,24)(H,19,22)/t12-/m0/s1. The Kier molecular flexibility index (Phi) is 5.13. The number of amides is 1. The van der Waals surface area contributed by atoms with Gasteiger partial charge in [0.25, 0.3) is 0 Å². The number of benzene rings is 1. The first-order chi connectivity index (χ1) is 12.1. The van der Waals surface area contributed by atoms with Crippen molar-refractivity contribution >= 4 is 29.1 Å². The van der Waals surface area contributed by atoms with E-state index in [1.807, 2.05) is 6.26 Å². The molecular formula is C16H17FN6OS. The van der Waals surface area contributed by atoms with Crippen LogP contribution in [0.1, 0.15) is 6.42 Å². The van der Waals surface area contributed by atoms with Crippen LogP contribution in [0.4, 0.5) is 10.2 Å². The summed E-state index contributed by atoms with van der Waals surface area (Å²) in [6.07, 6.45) is 2.54. The molecule has 0 bridgehead atoms. The van der Waals surface area contributed by atoms with E-state index in [1.165, 1.54) is 10.6 Å². The monoisotopic (exact) mass is 360 g/mol. The van der Waals surface area contributed by atoms with E-state index in [9.17, 15) is 9.18 Å². The molecule has 0 fully saturated rings. The van der Waals surface area contributed by atoms with Gasteiger partial charge in [-0.05, 0) is 42.7 Å². The Hall–Kier alpha value is -2.68. The molecule has 0 aliphatic rings. The first-order valence-corrected chi connectivity index (χ1v) is 9.01. The topological polar surface area (TPSA) is 98.2 Å². The van der Waals surface area contributed by atoms with E-state index in [1.54, 1.807) is 42.1 Å². The molecule has 9 heteroatoms. The molecule has 130 valence electrons. The van der Waals surface area contributed by atoms with Gasteiger partial charge in [-0.2, -0.15) is 16.3 Å². The molecule has 0 unspecified atom stereocenters. The molecule has 1 aromatic carbocycles. The number of hydrogen-bond acceptors (Lipinski definition) is 6. The zero-order chi connectivity index (χ0) is 17.8. The molecule has 7 nitrogen and oxygen atoms in total. The maximum atomic E-state index is 14.0. The lowest BCUT2D eigenvalue weighted by molar-refractivity contribution is -0.118. The average Bonchev–Trinajstić information content (AvgIpc) is 3.02. The number of halogens is 1. The summed E-state index contributed by atoms with van der Waals surface area (Å²) >= 11 is 1.63. The van der Waals surface area contributed by atoms with E-state index in [0.29, 0.717) is 23.4 Å². The highest BCUT2D eigenvalue weighted by molar-refractivity contribution is 7.98. The number of carbonyl (C=O) groups is 1. The third kappa shape index (κ3) is 3.71. The van der Waals surface area contributed by atoms with Gasteiger partial charge in [-0.3, -0.25) is 4.79 Å². The van der Waals surface area contributed by atoms with Crippen molar-refractivity contribution in [1.29, 1.82) is 0 Å². The zero-order valence-corrected chi connectivity index (χ0v) is 14.3. The Morgan fingerprint density at radius 3 is 2.84 bits per heavy atom. The molecule has 2 heterocycles. The number of nitrogens with one attached hydrogen (secondary N) is 1. The van der Waals surface area contributed by atoms with Gasteiger partial charge >= 0.3 is 0 Å². The van der Waals surface area contributed by atoms with Gasteiger partial charge < -0.3 is 11.1 Å². The fraction of sp³-hybridized carbons (Fsp3) is 0.250. The van der Waals surface area contributed by atoms with Crippen molar-refractivity contribution in [2.24, 2.45) is 5.73 Å². The average molecular weight is 360 g/mol. The van der Waals surface area contributed by atoms with Gasteiger partial charge in [0, 0.05) is 0 Å². The van der Waals surface area contributed by atoms with Gasteiger partial charge in [0.2, 0.25) is 5.91 Å². The second-order valence-corrected chi connectivity index (χ2v) is 6.36. The van der Waals surface area contributed by atoms with Crippen molar-refractivity contribution in [1.82, 2.24) is 19.8 Å². The lowest BCUT2D eigenvalue weighted by atomic mass is 10.2. The highest BCUT2D eigenvalue weighted by Crippen LogP contribution is 2.21. The molecule has 0 saturated carbocycles. The molecular weight excluding hydrogens is 343 g/mol. The Labute approximate surface area is 147 Å². The van der Waals surface area contributed by atoms with E-state index >= 15 is 0 Å². The fourth-order valence-corrected chi connectivity index (χ4v) is 2.85. The van der Waals surface area contributed by atoms with Crippen LogP contribution in [-0.2, 0) is 4.79 Å². The molecule has 3 aromatic rings. The van der Waals surface area contributed by atoms with Crippen molar-refractivity contribution in [3.8, 4) is 11.4 Å². The number of nitrogens with two attached hydrogens (primary N) is 1. The van der Waals surface area contributed by atoms with Crippen LogP contribution in [0.5, 0.6) is 0 Å². The van der Waals surface area contributed by atoms with Gasteiger partial charge in [-0.1, -0.05) is 12.1 Å². The molecule has 0 aliphatic carbocycles. The summed E-state index contributed by atoms with van der Waals surface area (Å²) in [5.41, 5.74) is 6.21. The molecule has 3 rings (SSSR count). The molecule has 3 N–H and O–H groups in total. The van der Waals surface area contributed by atoms with E-state index in [-0.39, 0.29) is 5.82 Å². The van der Waals surface area contributed by atoms with Crippen LogP contribution in [-0.4, -0.2) is 43.8 Å². The maximum absolute atomic E-state index is 14.0. The number of fused-ring (bicyclic) bond motifs is 1. The number of hydrogen-bond donors (Lipinski definition) is 2. The Morgan fingerprint density at radius 2 is 2.12 bits per heavy atom. The maximum Gasteiger partial charge on any atom is 0.239 e. The van der Waals surface area contributed by atoms with Crippen LogP contribution in [0.15, 0.2) is 36.4 Å². The van der Waals surface area contributed by atoms with Gasteiger partial charge in [0.05, 0.1) is 5.56 Å². The number of anilines is 1. The van der Waals surface area contributed by atoms with Crippen molar-refractivity contribution in [3.05, 3.63) is 42.2 Å². The van der Waals surface area contributed by atoms with Gasteiger partial charge in [-0.25, -0.2) is 4.39 Å². The van der Waals surface area contributed by atoms with Gasteiger partial charge in [0.15, 0.2) is 11.5 Å². The fourth-order valence-electron chi connectivity index (χ4n) is 2.38. The zero-order valence-electron chi connectivity index (χ0n) is 13.5. The molecule has 25 heavy (non-hydrogen) atoms.